The van der Waals surface area contributed by atoms with Crippen LogP contribution >= 0.6 is 0 Å². The largest absolute Gasteiger partial charge is 0.432 e. The Bertz CT molecular complexity index is 1530. The molecule has 0 saturated carbocycles. The van der Waals surface area contributed by atoms with E-state index < -0.39 is 29.3 Å². The van der Waals surface area contributed by atoms with Crippen molar-refractivity contribution < 1.29 is 31.1 Å². The van der Waals surface area contributed by atoms with Crippen LogP contribution < -0.4 is 16.0 Å². The number of allylic oxidation sites excluding steroid dienone is 2. The van der Waals surface area contributed by atoms with Crippen LogP contribution in [0.25, 0.3) is 0 Å². The normalized spacial score (nSPS) is 20.9. The first kappa shape index (κ1) is 37.0. The van der Waals surface area contributed by atoms with Crippen molar-refractivity contribution in [3.05, 3.63) is 99.7 Å². The molecular weight excluding hydrogens is 634 g/mol. The van der Waals surface area contributed by atoms with E-state index >= 15 is 0 Å². The number of likely N-dealkylation sites (tertiary alicyclic amines) is 1. The van der Waals surface area contributed by atoms with Crippen LogP contribution in [-0.4, -0.2) is 79.4 Å². The summed E-state index contributed by atoms with van der Waals surface area (Å²) < 4.78 is 80.8. The number of carbonyl (C=O) groups excluding carboxylic acids is 1. The van der Waals surface area contributed by atoms with Crippen molar-refractivity contribution >= 4 is 5.91 Å². The second kappa shape index (κ2) is 15.1. The summed E-state index contributed by atoms with van der Waals surface area (Å²) >= 11 is 0. The van der Waals surface area contributed by atoms with Gasteiger partial charge in [0.05, 0.1) is 5.69 Å². The molecule has 262 valence electrons. The molecule has 3 heterocycles. The van der Waals surface area contributed by atoms with E-state index in [2.05, 4.69) is 25.8 Å². The van der Waals surface area contributed by atoms with Crippen LogP contribution in [0.4, 0.5) is 26.3 Å². The summed E-state index contributed by atoms with van der Waals surface area (Å²) in [5.74, 6) is -0.339. The lowest BCUT2D eigenvalue weighted by molar-refractivity contribution is -0.0977. The number of aromatic nitrogens is 1. The Hall–Kier alpha value is -3.84. The van der Waals surface area contributed by atoms with Gasteiger partial charge in [-0.3, -0.25) is 14.7 Å². The predicted molar refractivity (Wildman–Crippen MR) is 174 cm³/mol. The number of benzene rings is 1. The van der Waals surface area contributed by atoms with Gasteiger partial charge in [0.2, 0.25) is 0 Å². The molecule has 1 saturated heterocycles. The van der Waals surface area contributed by atoms with Crippen LogP contribution in [0.3, 0.4) is 0 Å². The molecule has 2 aromatic rings. The van der Waals surface area contributed by atoms with Crippen LogP contribution in [0.2, 0.25) is 0 Å². The maximum atomic E-state index is 13.9. The van der Waals surface area contributed by atoms with Crippen LogP contribution in [0.15, 0.2) is 71.7 Å². The molecule has 2 aliphatic rings. The molecule has 2 atom stereocenters. The summed E-state index contributed by atoms with van der Waals surface area (Å²) in [5, 5.41) is 7.95. The summed E-state index contributed by atoms with van der Waals surface area (Å²) in [4.78, 5) is 21.5. The molecule has 0 spiro atoms. The van der Waals surface area contributed by atoms with Gasteiger partial charge in [0.25, 0.3) is 5.91 Å². The standard InChI is InChI=1S/C35H44F6N6O/c1-6-29(34(36,37)38)27(21-47-17-15-28(22-47)46(4)5)8-7-16-42-32(48)26-12-9-23(2)25(18-26)13-10-24-11-14-30(43-19-24)33(3)44-20-31(45-33)35(39,40)41/h7-9,11-12,14,18-20,28,44-45H,6,10,13,15-17,21-22H2,1-5H3,(H,42,48)/b8-7-,29-27-/t28-,33?/m1/s1. The molecule has 1 aromatic heterocycles. The Morgan fingerprint density at radius 2 is 1.90 bits per heavy atom. The van der Waals surface area contributed by atoms with Crippen molar-refractivity contribution in [2.45, 2.75) is 70.5 Å². The fourth-order valence-corrected chi connectivity index (χ4v) is 6.01. The molecule has 1 aromatic carbocycles. The minimum absolute atomic E-state index is 0.0708. The zero-order valence-electron chi connectivity index (χ0n) is 27.9. The number of amides is 1. The molecule has 0 aliphatic carbocycles. The summed E-state index contributed by atoms with van der Waals surface area (Å²) in [6.07, 6.45) is -1.40. The van der Waals surface area contributed by atoms with Gasteiger partial charge in [0.15, 0.2) is 0 Å². The van der Waals surface area contributed by atoms with E-state index in [9.17, 15) is 31.1 Å². The molecule has 1 amide bonds. The Labute approximate surface area is 278 Å². The van der Waals surface area contributed by atoms with Crippen molar-refractivity contribution in [3.63, 3.8) is 0 Å². The number of alkyl halides is 6. The quantitative estimate of drug-likeness (QED) is 0.185. The number of carbonyl (C=O) groups is 1. The number of nitrogens with zero attached hydrogens (tertiary/aromatic N) is 3. The second-order valence-corrected chi connectivity index (χ2v) is 12.8. The second-order valence-electron chi connectivity index (χ2n) is 12.8. The third-order valence-corrected chi connectivity index (χ3v) is 8.98. The minimum atomic E-state index is -4.50. The van der Waals surface area contributed by atoms with Gasteiger partial charge in [-0.1, -0.05) is 31.2 Å². The highest BCUT2D eigenvalue weighted by atomic mass is 19.4. The van der Waals surface area contributed by atoms with Gasteiger partial charge in [-0.25, -0.2) is 0 Å². The summed E-state index contributed by atoms with van der Waals surface area (Å²) in [6.45, 7) is 6.71. The average Bonchev–Trinajstić information content (AvgIpc) is 3.66. The maximum absolute atomic E-state index is 13.9. The number of likely N-dealkylation sites (N-methyl/N-ethyl adjacent to an activating group) is 1. The third kappa shape index (κ3) is 9.40. The number of hydrogen-bond donors (Lipinski definition) is 3. The smallest absolute Gasteiger partial charge is 0.362 e. The van der Waals surface area contributed by atoms with E-state index in [1.54, 1.807) is 37.4 Å². The molecule has 1 fully saturated rings. The van der Waals surface area contributed by atoms with E-state index in [-0.39, 0.29) is 31.0 Å². The lowest BCUT2D eigenvalue weighted by Gasteiger charge is -2.27. The van der Waals surface area contributed by atoms with Crippen molar-refractivity contribution in [1.29, 1.82) is 0 Å². The van der Waals surface area contributed by atoms with Crippen LogP contribution in [0.1, 0.15) is 59.4 Å². The fourth-order valence-electron chi connectivity index (χ4n) is 6.01. The zero-order valence-corrected chi connectivity index (χ0v) is 27.9. The Morgan fingerprint density at radius 1 is 1.15 bits per heavy atom. The molecule has 48 heavy (non-hydrogen) atoms. The van der Waals surface area contributed by atoms with Crippen LogP contribution in [0.5, 0.6) is 0 Å². The molecule has 0 radical (unpaired) electrons. The number of aryl methyl sites for hydroxylation is 3. The van der Waals surface area contributed by atoms with Crippen molar-refractivity contribution in [1.82, 2.24) is 30.7 Å². The zero-order chi connectivity index (χ0) is 35.3. The average molecular weight is 679 g/mol. The highest BCUT2D eigenvalue weighted by Crippen LogP contribution is 2.33. The summed E-state index contributed by atoms with van der Waals surface area (Å²) in [5.41, 5.74) is 1.26. The first-order chi connectivity index (χ1) is 22.5. The molecule has 13 heteroatoms. The van der Waals surface area contributed by atoms with Gasteiger partial charge in [-0.15, -0.1) is 0 Å². The molecular formula is C35H44F6N6O. The first-order valence-corrected chi connectivity index (χ1v) is 16.0. The van der Waals surface area contributed by atoms with E-state index in [1.807, 2.05) is 38.1 Å². The lowest BCUT2D eigenvalue weighted by Crippen LogP contribution is -2.45. The Morgan fingerprint density at radius 3 is 2.48 bits per heavy atom. The van der Waals surface area contributed by atoms with E-state index in [0.717, 1.165) is 35.9 Å². The minimum Gasteiger partial charge on any atom is -0.362 e. The molecule has 4 rings (SSSR count). The van der Waals surface area contributed by atoms with Crippen LogP contribution in [-0.2, 0) is 18.5 Å². The van der Waals surface area contributed by atoms with Gasteiger partial charge in [0, 0.05) is 55.8 Å². The van der Waals surface area contributed by atoms with E-state index in [0.29, 0.717) is 36.7 Å². The van der Waals surface area contributed by atoms with Gasteiger partial charge in [-0.2, -0.15) is 26.3 Å². The first-order valence-electron chi connectivity index (χ1n) is 16.0. The maximum Gasteiger partial charge on any atom is 0.432 e. The highest BCUT2D eigenvalue weighted by molar-refractivity contribution is 5.94. The van der Waals surface area contributed by atoms with Gasteiger partial charge < -0.3 is 20.9 Å². The predicted octanol–water partition coefficient (Wildman–Crippen LogP) is 6.14. The Balaban J connectivity index is 1.35. The summed E-state index contributed by atoms with van der Waals surface area (Å²) in [7, 11) is 3.95. The van der Waals surface area contributed by atoms with Gasteiger partial charge in [-0.05, 0) is 94.1 Å². The van der Waals surface area contributed by atoms with E-state index in [1.165, 1.54) is 13.0 Å². The van der Waals surface area contributed by atoms with Crippen molar-refractivity contribution in [2.75, 3.05) is 40.3 Å². The highest BCUT2D eigenvalue weighted by Gasteiger charge is 2.43. The number of nitrogens with one attached hydrogen (secondary N) is 3. The molecule has 2 aliphatic heterocycles. The molecule has 7 nitrogen and oxygen atoms in total. The number of rotatable bonds is 12. The SMILES string of the molecule is CC/C(=C(\C=C/CNC(=O)c1ccc(C)c(CCc2ccc(C3(C)NC=C(C(F)(F)F)N3)nc2)c1)CN1CC[C@@H](N(C)C)C1)C(F)(F)F. The monoisotopic (exact) mass is 678 g/mol. The van der Waals surface area contributed by atoms with Crippen molar-refractivity contribution in [3.8, 4) is 0 Å². The molecule has 0 bridgehead atoms. The van der Waals surface area contributed by atoms with Gasteiger partial charge in [0.1, 0.15) is 11.4 Å². The molecule has 3 N–H and O–H groups in total. The molecule has 1 unspecified atom stereocenters. The summed E-state index contributed by atoms with van der Waals surface area (Å²) in [6, 6.07) is 9.15. The number of halogens is 6. The Kier molecular flexibility index (Phi) is 11.7. The fraction of sp³-hybridized carbons (Fsp3) is 0.486. The van der Waals surface area contributed by atoms with Gasteiger partial charge >= 0.3 is 12.4 Å². The number of hydrogen-bond acceptors (Lipinski definition) is 6. The van der Waals surface area contributed by atoms with Crippen LogP contribution in [0, 0.1) is 6.92 Å². The van der Waals surface area contributed by atoms with Crippen molar-refractivity contribution in [2.24, 2.45) is 0 Å². The topological polar surface area (TPSA) is 72.5 Å². The van der Waals surface area contributed by atoms with E-state index in [4.69, 9.17) is 0 Å². The lowest BCUT2D eigenvalue weighted by atomic mass is 9.98. The number of pyridine rings is 1. The third-order valence-electron chi connectivity index (χ3n) is 8.98.